The zero-order valence-electron chi connectivity index (χ0n) is 20.8. The average molecular weight is 499 g/mol. The Kier molecular flexibility index (Phi) is 9.40. The Morgan fingerprint density at radius 3 is 2.03 bits per heavy atom. The third-order valence-corrected chi connectivity index (χ3v) is 7.82. The molecule has 2 N–H and O–H groups in total. The van der Waals surface area contributed by atoms with Gasteiger partial charge in [0.05, 0.1) is 5.37 Å². The maximum Gasteiger partial charge on any atom is 0.150 e. The molecule has 1 saturated carbocycles. The van der Waals surface area contributed by atoms with Gasteiger partial charge in [0.25, 0.3) is 0 Å². The topological polar surface area (TPSA) is 58.2 Å². The van der Waals surface area contributed by atoms with Crippen LogP contribution in [0.4, 0.5) is 5.69 Å². The molecule has 0 bridgehead atoms. The van der Waals surface area contributed by atoms with Gasteiger partial charge >= 0.3 is 0 Å². The van der Waals surface area contributed by atoms with Crippen molar-refractivity contribution in [2.75, 3.05) is 12.4 Å². The Balaban J connectivity index is 0.000000187. The highest BCUT2D eigenvalue weighted by Gasteiger charge is 2.18. The van der Waals surface area contributed by atoms with E-state index in [1.54, 1.807) is 11.8 Å². The maximum atomic E-state index is 10.7. The summed E-state index contributed by atoms with van der Waals surface area (Å²) in [5.41, 5.74) is 7.63. The van der Waals surface area contributed by atoms with Gasteiger partial charge in [0.15, 0.2) is 0 Å². The van der Waals surface area contributed by atoms with Gasteiger partial charge in [0.1, 0.15) is 12.6 Å². The highest BCUT2D eigenvalue weighted by molar-refractivity contribution is 8.03. The number of rotatable bonds is 7. The zero-order valence-corrected chi connectivity index (χ0v) is 21.6. The van der Waals surface area contributed by atoms with Crippen LogP contribution in [0.1, 0.15) is 75.4 Å². The van der Waals surface area contributed by atoms with Crippen LogP contribution in [0.15, 0.2) is 78.2 Å². The maximum absolute atomic E-state index is 10.7. The highest BCUT2D eigenvalue weighted by atomic mass is 32.2. The highest BCUT2D eigenvalue weighted by Crippen LogP contribution is 2.32. The van der Waals surface area contributed by atoms with Gasteiger partial charge < -0.3 is 10.6 Å². The molecule has 4 nitrogen and oxygen atoms in total. The van der Waals surface area contributed by atoms with Crippen molar-refractivity contribution in [2.45, 2.75) is 49.8 Å². The van der Waals surface area contributed by atoms with Crippen molar-refractivity contribution in [2.24, 2.45) is 0 Å². The molecule has 0 spiro atoms. The van der Waals surface area contributed by atoms with Gasteiger partial charge in [-0.15, -0.1) is 11.8 Å². The molecule has 3 aromatic carbocycles. The number of carbonyl (C=O) groups excluding carboxylic acids is 2. The lowest BCUT2D eigenvalue weighted by Crippen LogP contribution is -2.22. The van der Waals surface area contributed by atoms with Crippen molar-refractivity contribution in [3.8, 4) is 0 Å². The monoisotopic (exact) mass is 498 g/mol. The Morgan fingerprint density at radius 2 is 1.44 bits per heavy atom. The van der Waals surface area contributed by atoms with Crippen molar-refractivity contribution in [3.63, 3.8) is 0 Å². The molecule has 3 aromatic rings. The molecule has 186 valence electrons. The predicted molar refractivity (Wildman–Crippen MR) is 152 cm³/mol. The summed E-state index contributed by atoms with van der Waals surface area (Å²) in [5.74, 6) is 0.740. The molecule has 1 aliphatic heterocycles. The molecule has 0 radical (unpaired) electrons. The minimum atomic E-state index is 0.334. The lowest BCUT2D eigenvalue weighted by atomic mass is 9.84. The van der Waals surface area contributed by atoms with E-state index in [1.165, 1.54) is 54.5 Å². The van der Waals surface area contributed by atoms with Crippen LogP contribution in [0.3, 0.4) is 0 Å². The van der Waals surface area contributed by atoms with Gasteiger partial charge in [0.2, 0.25) is 0 Å². The molecule has 0 aromatic heterocycles. The van der Waals surface area contributed by atoms with Gasteiger partial charge in [-0.2, -0.15) is 0 Å². The number of thioether (sulfide) groups is 1. The summed E-state index contributed by atoms with van der Waals surface area (Å²) in [6.07, 6.45) is 9.47. The van der Waals surface area contributed by atoms with E-state index in [9.17, 15) is 9.59 Å². The average Bonchev–Trinajstić information content (AvgIpc) is 3.43. The van der Waals surface area contributed by atoms with E-state index in [0.717, 1.165) is 41.7 Å². The summed E-state index contributed by atoms with van der Waals surface area (Å²) in [6, 6.07) is 24.2. The van der Waals surface area contributed by atoms with Crippen molar-refractivity contribution in [1.29, 1.82) is 0 Å². The second-order valence-corrected chi connectivity index (χ2v) is 10.4. The molecule has 1 aliphatic carbocycles. The number of anilines is 1. The van der Waals surface area contributed by atoms with Crippen LogP contribution in [0, 0.1) is 0 Å². The lowest BCUT2D eigenvalue weighted by molar-refractivity contribution is 0.111. The van der Waals surface area contributed by atoms with E-state index in [1.807, 2.05) is 43.4 Å². The summed E-state index contributed by atoms with van der Waals surface area (Å²) in [6.45, 7) is 0. The Hall–Kier alpha value is -3.31. The van der Waals surface area contributed by atoms with Gasteiger partial charge in [0, 0.05) is 36.0 Å². The summed E-state index contributed by atoms with van der Waals surface area (Å²) in [5, 5.41) is 9.20. The summed E-state index contributed by atoms with van der Waals surface area (Å²) < 4.78 is 0. The quantitative estimate of drug-likeness (QED) is 0.335. The fourth-order valence-electron chi connectivity index (χ4n) is 4.69. The second kappa shape index (κ2) is 13.1. The third kappa shape index (κ3) is 7.11. The van der Waals surface area contributed by atoms with Gasteiger partial charge in [-0.25, -0.2) is 0 Å². The van der Waals surface area contributed by atoms with Crippen LogP contribution < -0.4 is 10.6 Å². The SMILES string of the molecule is CNc1ccc(C2=CSC(Cc3ccc(C=O)cc3)N2)cc1.O=Cc1ccc(C2CCCCC2)cc1. The molecule has 0 saturated heterocycles. The van der Waals surface area contributed by atoms with Crippen molar-refractivity contribution in [3.05, 3.63) is 106 Å². The largest absolute Gasteiger partial charge is 0.388 e. The second-order valence-electron chi connectivity index (χ2n) is 9.31. The number of benzene rings is 3. The third-order valence-electron chi connectivity index (χ3n) is 6.84. The lowest BCUT2D eigenvalue weighted by Gasteiger charge is -2.21. The van der Waals surface area contributed by atoms with E-state index in [0.29, 0.717) is 5.37 Å². The van der Waals surface area contributed by atoms with Crippen molar-refractivity contribution < 1.29 is 9.59 Å². The Morgan fingerprint density at radius 1 is 0.833 bits per heavy atom. The van der Waals surface area contributed by atoms with Gasteiger partial charge in [-0.05, 0) is 53.0 Å². The van der Waals surface area contributed by atoms with Crippen molar-refractivity contribution >= 4 is 35.7 Å². The van der Waals surface area contributed by atoms with Crippen LogP contribution in [0.2, 0.25) is 0 Å². The number of nitrogens with one attached hydrogen (secondary N) is 2. The van der Waals surface area contributed by atoms with E-state index in [-0.39, 0.29) is 0 Å². The molecule has 1 heterocycles. The zero-order chi connectivity index (χ0) is 25.2. The molecule has 1 fully saturated rings. The van der Waals surface area contributed by atoms with Gasteiger partial charge in [-0.3, -0.25) is 9.59 Å². The number of carbonyl (C=O) groups is 2. The van der Waals surface area contributed by atoms with Crippen LogP contribution in [-0.4, -0.2) is 25.0 Å². The first-order valence-corrected chi connectivity index (χ1v) is 13.6. The molecule has 1 atom stereocenters. The smallest absolute Gasteiger partial charge is 0.150 e. The first kappa shape index (κ1) is 25.8. The number of hydrogen-bond acceptors (Lipinski definition) is 5. The van der Waals surface area contributed by atoms with E-state index in [2.05, 4.69) is 52.4 Å². The molecule has 5 heteroatoms. The molecular weight excluding hydrogens is 464 g/mol. The summed E-state index contributed by atoms with van der Waals surface area (Å²) >= 11 is 1.80. The van der Waals surface area contributed by atoms with Crippen LogP contribution in [0.25, 0.3) is 5.70 Å². The molecular formula is C31H34N2O2S. The molecule has 0 amide bonds. The fraction of sp³-hybridized carbons (Fsp3) is 0.290. The first-order valence-electron chi connectivity index (χ1n) is 12.7. The van der Waals surface area contributed by atoms with E-state index in [4.69, 9.17) is 0 Å². The van der Waals surface area contributed by atoms with E-state index < -0.39 is 0 Å². The van der Waals surface area contributed by atoms with Crippen molar-refractivity contribution in [1.82, 2.24) is 5.32 Å². The minimum absolute atomic E-state index is 0.334. The predicted octanol–water partition coefficient (Wildman–Crippen LogP) is 7.29. The minimum Gasteiger partial charge on any atom is -0.388 e. The molecule has 36 heavy (non-hydrogen) atoms. The van der Waals surface area contributed by atoms with Crippen LogP contribution in [-0.2, 0) is 6.42 Å². The summed E-state index contributed by atoms with van der Waals surface area (Å²) in [4.78, 5) is 21.2. The number of aldehydes is 2. The fourth-order valence-corrected chi connectivity index (χ4v) is 5.68. The first-order chi connectivity index (χ1) is 17.7. The summed E-state index contributed by atoms with van der Waals surface area (Å²) in [7, 11) is 1.92. The molecule has 2 aliphatic rings. The molecule has 1 unspecified atom stereocenters. The van der Waals surface area contributed by atoms with Gasteiger partial charge in [-0.1, -0.05) is 79.9 Å². The van der Waals surface area contributed by atoms with E-state index >= 15 is 0 Å². The Bertz CT molecular complexity index is 1150. The standard InChI is InChI=1S/C18H18N2OS.C13H16O/c1-19-16-8-6-15(7-9-16)17-12-22-18(20-17)10-13-2-4-14(11-21)5-3-13;14-10-11-6-8-13(9-7-11)12-4-2-1-3-5-12/h2-9,11-12,18-20H,10H2,1H3;6-10,12H,1-5H2. The van der Waals surface area contributed by atoms with Crippen LogP contribution in [0.5, 0.6) is 0 Å². The number of hydrogen-bond donors (Lipinski definition) is 2. The molecule has 5 rings (SSSR count). The van der Waals surface area contributed by atoms with Crippen LogP contribution >= 0.6 is 11.8 Å². The Labute approximate surface area is 218 Å². The normalized spacial score (nSPS) is 17.2.